The summed E-state index contributed by atoms with van der Waals surface area (Å²) in [6, 6.07) is 0. The second kappa shape index (κ2) is 4.70. The van der Waals surface area contributed by atoms with Crippen LogP contribution in [0.15, 0.2) is 0 Å². The van der Waals surface area contributed by atoms with Crippen LogP contribution in [0, 0.1) is 0 Å². The molecule has 0 aromatic heterocycles. The van der Waals surface area contributed by atoms with Crippen LogP contribution < -0.4 is 5.32 Å². The number of halogens is 2. The number of alkyl carbamates (subject to hydrolysis) is 1. The molecular formula is C4H7Cl2NO2. The van der Waals surface area contributed by atoms with E-state index in [0.29, 0.717) is 0 Å². The van der Waals surface area contributed by atoms with Gasteiger partial charge in [0.1, 0.15) is 4.84 Å². The Hall–Kier alpha value is -0.150. The van der Waals surface area contributed by atoms with Crippen molar-refractivity contribution in [2.75, 3.05) is 13.7 Å². The molecule has 0 aliphatic rings. The minimum absolute atomic E-state index is 0.204. The number of carbonyl (C=O) groups excluding carboxylic acids is 1. The molecule has 5 heteroatoms. The molecule has 9 heavy (non-hydrogen) atoms. The van der Waals surface area contributed by atoms with Gasteiger partial charge in [-0.25, -0.2) is 4.79 Å². The maximum Gasteiger partial charge on any atom is 0.406 e. The van der Waals surface area contributed by atoms with Crippen molar-refractivity contribution in [2.24, 2.45) is 0 Å². The highest BCUT2D eigenvalue weighted by atomic mass is 35.5. The predicted octanol–water partition coefficient (Wildman–Crippen LogP) is 1.15. The molecular weight excluding hydrogens is 165 g/mol. The first-order valence-corrected chi connectivity index (χ1v) is 3.14. The van der Waals surface area contributed by atoms with E-state index in [1.807, 2.05) is 0 Å². The van der Waals surface area contributed by atoms with E-state index >= 15 is 0 Å². The van der Waals surface area contributed by atoms with E-state index in [2.05, 4.69) is 10.1 Å². The number of ether oxygens (including phenoxy) is 1. The first-order valence-electron chi connectivity index (χ1n) is 2.26. The van der Waals surface area contributed by atoms with Gasteiger partial charge in [-0.1, -0.05) is 0 Å². The molecule has 1 N–H and O–H groups in total. The van der Waals surface area contributed by atoms with Crippen LogP contribution in [0.25, 0.3) is 0 Å². The van der Waals surface area contributed by atoms with Gasteiger partial charge in [0.2, 0.25) is 0 Å². The maximum absolute atomic E-state index is 10.3. The van der Waals surface area contributed by atoms with Gasteiger partial charge in [-0.15, -0.1) is 23.2 Å². The molecule has 0 radical (unpaired) electrons. The minimum Gasteiger partial charge on any atom is -0.453 e. The Morgan fingerprint density at radius 3 is 2.67 bits per heavy atom. The summed E-state index contributed by atoms with van der Waals surface area (Å²) >= 11 is 10.5. The van der Waals surface area contributed by atoms with Crippen molar-refractivity contribution in [1.82, 2.24) is 5.32 Å². The van der Waals surface area contributed by atoms with Gasteiger partial charge >= 0.3 is 6.09 Å². The lowest BCUT2D eigenvalue weighted by atomic mass is 10.7. The molecule has 1 amide bonds. The SMILES string of the molecule is COC(=O)NCC(Cl)Cl. The lowest BCUT2D eigenvalue weighted by Gasteiger charge is -2.01. The Morgan fingerprint density at radius 2 is 2.33 bits per heavy atom. The molecule has 3 nitrogen and oxygen atoms in total. The van der Waals surface area contributed by atoms with Gasteiger partial charge in [-0.05, 0) is 0 Å². The summed E-state index contributed by atoms with van der Waals surface area (Å²) < 4.78 is 4.23. The summed E-state index contributed by atoms with van der Waals surface area (Å²) in [7, 11) is 1.27. The van der Waals surface area contributed by atoms with Crippen molar-refractivity contribution in [3.63, 3.8) is 0 Å². The molecule has 0 saturated heterocycles. The third-order valence-corrected chi connectivity index (χ3v) is 0.895. The number of nitrogens with one attached hydrogen (secondary N) is 1. The van der Waals surface area contributed by atoms with Gasteiger partial charge in [-0.2, -0.15) is 0 Å². The highest BCUT2D eigenvalue weighted by Crippen LogP contribution is 1.97. The van der Waals surface area contributed by atoms with Crippen LogP contribution in [-0.2, 0) is 4.74 Å². The first-order chi connectivity index (χ1) is 4.16. The van der Waals surface area contributed by atoms with Crippen LogP contribution in [0.1, 0.15) is 0 Å². The zero-order valence-corrected chi connectivity index (χ0v) is 6.37. The quantitative estimate of drug-likeness (QED) is 0.634. The standard InChI is InChI=1S/C4H7Cl2NO2/c1-9-4(8)7-2-3(5)6/h3H,2H2,1H3,(H,7,8). The van der Waals surface area contributed by atoms with Gasteiger partial charge in [0.05, 0.1) is 13.7 Å². The van der Waals surface area contributed by atoms with Crippen molar-refractivity contribution >= 4 is 29.3 Å². The van der Waals surface area contributed by atoms with E-state index in [-0.39, 0.29) is 6.54 Å². The molecule has 0 aromatic rings. The van der Waals surface area contributed by atoms with Gasteiger partial charge in [0.25, 0.3) is 0 Å². The molecule has 0 aromatic carbocycles. The summed E-state index contributed by atoms with van der Waals surface area (Å²) in [4.78, 5) is 9.69. The smallest absolute Gasteiger partial charge is 0.406 e. The highest BCUT2D eigenvalue weighted by molar-refractivity contribution is 6.44. The van der Waals surface area contributed by atoms with Crippen molar-refractivity contribution in [2.45, 2.75) is 4.84 Å². The first kappa shape index (κ1) is 8.85. The second-order valence-corrected chi connectivity index (χ2v) is 2.54. The molecule has 0 heterocycles. The summed E-state index contributed by atoms with van der Waals surface area (Å²) in [6.45, 7) is 0.204. The van der Waals surface area contributed by atoms with Crippen LogP contribution >= 0.6 is 23.2 Å². The number of carbonyl (C=O) groups is 1. The molecule has 0 spiro atoms. The normalized spacial score (nSPS) is 9.33. The fourth-order valence-electron chi connectivity index (χ4n) is 0.233. The fraction of sp³-hybridized carbons (Fsp3) is 0.750. The van der Waals surface area contributed by atoms with E-state index < -0.39 is 10.9 Å². The largest absolute Gasteiger partial charge is 0.453 e. The van der Waals surface area contributed by atoms with E-state index in [1.165, 1.54) is 7.11 Å². The van der Waals surface area contributed by atoms with Crippen LogP contribution in [0.3, 0.4) is 0 Å². The molecule has 0 aliphatic heterocycles. The van der Waals surface area contributed by atoms with Crippen molar-refractivity contribution < 1.29 is 9.53 Å². The summed E-state index contributed by atoms with van der Waals surface area (Å²) in [6.07, 6.45) is -0.527. The van der Waals surface area contributed by atoms with E-state index in [0.717, 1.165) is 0 Å². The van der Waals surface area contributed by atoms with Crippen LogP contribution in [0.2, 0.25) is 0 Å². The molecule has 0 fully saturated rings. The molecule has 0 atom stereocenters. The summed E-state index contributed by atoms with van der Waals surface area (Å²) in [5, 5.41) is 2.31. The number of methoxy groups -OCH3 is 1. The Bertz CT molecular complexity index is 96.6. The topological polar surface area (TPSA) is 38.3 Å². The van der Waals surface area contributed by atoms with Crippen molar-refractivity contribution in [1.29, 1.82) is 0 Å². The fourth-order valence-corrected chi connectivity index (χ4v) is 0.387. The van der Waals surface area contributed by atoms with Gasteiger partial charge in [0.15, 0.2) is 0 Å². The molecule has 54 valence electrons. The summed E-state index contributed by atoms with van der Waals surface area (Å²) in [5.74, 6) is 0. The molecule has 0 aliphatic carbocycles. The third-order valence-electron chi connectivity index (χ3n) is 0.586. The zero-order chi connectivity index (χ0) is 7.28. The van der Waals surface area contributed by atoms with Crippen LogP contribution in [0.5, 0.6) is 0 Å². The van der Waals surface area contributed by atoms with Gasteiger partial charge < -0.3 is 10.1 Å². The van der Waals surface area contributed by atoms with E-state index in [1.54, 1.807) is 0 Å². The number of hydrogen-bond donors (Lipinski definition) is 1. The Labute approximate surface area is 63.3 Å². The number of amides is 1. The average Bonchev–Trinajstić information content (AvgIpc) is 1.83. The third kappa shape index (κ3) is 5.73. The second-order valence-electron chi connectivity index (χ2n) is 1.26. The molecule has 0 bridgehead atoms. The molecule has 0 rings (SSSR count). The Morgan fingerprint density at radius 1 is 1.78 bits per heavy atom. The van der Waals surface area contributed by atoms with Crippen LogP contribution in [-0.4, -0.2) is 24.6 Å². The van der Waals surface area contributed by atoms with Crippen molar-refractivity contribution in [3.8, 4) is 0 Å². The zero-order valence-electron chi connectivity index (χ0n) is 4.86. The summed E-state index contributed by atoms with van der Waals surface area (Å²) in [5.41, 5.74) is 0. The lowest BCUT2D eigenvalue weighted by molar-refractivity contribution is 0.171. The lowest BCUT2D eigenvalue weighted by Crippen LogP contribution is -2.27. The number of rotatable bonds is 2. The maximum atomic E-state index is 10.3. The van der Waals surface area contributed by atoms with Gasteiger partial charge in [0, 0.05) is 0 Å². The van der Waals surface area contributed by atoms with Crippen molar-refractivity contribution in [3.05, 3.63) is 0 Å². The number of hydrogen-bond acceptors (Lipinski definition) is 2. The van der Waals surface area contributed by atoms with E-state index in [4.69, 9.17) is 23.2 Å². The predicted molar refractivity (Wildman–Crippen MR) is 35.9 cm³/mol. The van der Waals surface area contributed by atoms with Crippen LogP contribution in [0.4, 0.5) is 4.79 Å². The Balaban J connectivity index is 3.17. The molecule has 0 saturated carbocycles. The minimum atomic E-state index is -0.580. The van der Waals surface area contributed by atoms with Gasteiger partial charge in [-0.3, -0.25) is 0 Å². The molecule has 0 unspecified atom stereocenters. The monoisotopic (exact) mass is 171 g/mol. The average molecular weight is 172 g/mol. The number of alkyl halides is 2. The van der Waals surface area contributed by atoms with E-state index in [9.17, 15) is 4.79 Å². The Kier molecular flexibility index (Phi) is 4.62. The highest BCUT2D eigenvalue weighted by Gasteiger charge is 2.01.